The average Bonchev–Trinajstić information content (AvgIpc) is 3.29. The maximum atomic E-state index is 14.0. The Morgan fingerprint density at radius 1 is 1.16 bits per heavy atom. The van der Waals surface area contributed by atoms with Crippen LogP contribution in [0, 0.1) is 0 Å². The van der Waals surface area contributed by atoms with E-state index in [4.69, 9.17) is 19.2 Å². The van der Waals surface area contributed by atoms with Crippen molar-refractivity contribution in [3.8, 4) is 17.1 Å². The van der Waals surface area contributed by atoms with Gasteiger partial charge in [-0.1, -0.05) is 13.8 Å². The van der Waals surface area contributed by atoms with Crippen molar-refractivity contribution in [2.24, 2.45) is 0 Å². The molecule has 2 aliphatic rings. The van der Waals surface area contributed by atoms with E-state index in [2.05, 4.69) is 25.3 Å². The number of alkyl carbamates (subject to hydrolysis) is 1. The molecule has 0 fully saturated rings. The van der Waals surface area contributed by atoms with Gasteiger partial charge in [0.15, 0.2) is 0 Å². The number of aromatic nitrogens is 2. The molecule has 1 atom stereocenters. The predicted molar refractivity (Wildman–Crippen MR) is 162 cm³/mol. The van der Waals surface area contributed by atoms with Gasteiger partial charge in [-0.15, -0.1) is 8.07 Å². The van der Waals surface area contributed by atoms with Gasteiger partial charge in [0.25, 0.3) is 5.56 Å². The van der Waals surface area contributed by atoms with Crippen molar-refractivity contribution in [3.63, 3.8) is 0 Å². The quantitative estimate of drug-likeness (QED) is 0.190. The number of ether oxygens (including phenoxy) is 3. The van der Waals surface area contributed by atoms with Crippen LogP contribution < -0.4 is 16.1 Å². The third-order valence-corrected chi connectivity index (χ3v) is 12.0. The number of aromatic hydroxyl groups is 1. The Morgan fingerprint density at radius 2 is 1.88 bits per heavy atom. The Labute approximate surface area is 250 Å². The number of hydrogen-bond donors (Lipinski definition) is 2. The minimum Gasteiger partial charge on any atom is -0.508 e. The highest BCUT2D eigenvalue weighted by Gasteiger charge is 2.50. The molecule has 1 amide bonds. The number of hydrogen-bond acceptors (Lipinski definition) is 9. The normalized spacial score (nSPS) is 17.5. The summed E-state index contributed by atoms with van der Waals surface area (Å²) in [5.74, 6) is -1.54. The average molecular weight is 608 g/mol. The van der Waals surface area contributed by atoms with Gasteiger partial charge in [0.2, 0.25) is 5.60 Å². The fraction of sp³-hybridized carbons (Fsp3) is 0.452. The lowest BCUT2D eigenvalue weighted by Crippen LogP contribution is -2.49. The lowest BCUT2D eigenvalue weighted by Gasteiger charge is -2.37. The van der Waals surface area contributed by atoms with E-state index in [-0.39, 0.29) is 42.0 Å². The second kappa shape index (κ2) is 10.5. The SMILES string of the molecule is CC[C@@]1(OC(=O)CNC(=O)OC(C)(C)C)C(=O)OCc2c1cc1n(c2=O)Cc2c-1nc1ccc(O)cc1c2[Si-](C)(C)CC. The molecule has 0 spiro atoms. The summed E-state index contributed by atoms with van der Waals surface area (Å²) in [7, 11) is -2.05. The van der Waals surface area contributed by atoms with Crippen molar-refractivity contribution < 1.29 is 33.7 Å². The van der Waals surface area contributed by atoms with Gasteiger partial charge in [0, 0.05) is 5.56 Å². The molecule has 1 aromatic carbocycles. The summed E-state index contributed by atoms with van der Waals surface area (Å²) in [5, 5.41) is 14.7. The molecule has 229 valence electrons. The molecule has 0 radical (unpaired) electrons. The number of benzene rings is 1. The van der Waals surface area contributed by atoms with E-state index < -0.39 is 43.9 Å². The van der Waals surface area contributed by atoms with E-state index in [9.17, 15) is 24.3 Å². The number of rotatable bonds is 6. The van der Waals surface area contributed by atoms with Crippen LogP contribution >= 0.6 is 0 Å². The van der Waals surface area contributed by atoms with Gasteiger partial charge in [-0.05, 0) is 62.4 Å². The van der Waals surface area contributed by atoms with Gasteiger partial charge >= 0.3 is 18.0 Å². The summed E-state index contributed by atoms with van der Waals surface area (Å²) >= 11 is 0. The predicted octanol–water partition coefficient (Wildman–Crippen LogP) is 3.80. The molecule has 2 aliphatic heterocycles. The summed E-state index contributed by atoms with van der Waals surface area (Å²) in [5.41, 5.74) is 0.231. The first kappa shape index (κ1) is 30.3. The Morgan fingerprint density at radius 3 is 2.53 bits per heavy atom. The van der Waals surface area contributed by atoms with Crippen LogP contribution in [0.5, 0.6) is 5.75 Å². The first-order chi connectivity index (χ1) is 20.1. The van der Waals surface area contributed by atoms with Gasteiger partial charge in [-0.25, -0.2) is 14.6 Å². The summed E-state index contributed by atoms with van der Waals surface area (Å²) in [4.78, 5) is 57.3. The van der Waals surface area contributed by atoms with Crippen molar-refractivity contribution in [1.29, 1.82) is 0 Å². The molecule has 5 rings (SSSR count). The molecule has 2 N–H and O–H groups in total. The summed E-state index contributed by atoms with van der Waals surface area (Å²) < 4.78 is 18.0. The van der Waals surface area contributed by atoms with E-state index in [0.717, 1.165) is 22.2 Å². The zero-order chi connectivity index (χ0) is 31.5. The first-order valence-electron chi connectivity index (χ1n) is 14.4. The number of amides is 1. The third kappa shape index (κ3) is 5.17. The van der Waals surface area contributed by atoms with Gasteiger partial charge in [-0.2, -0.15) is 24.3 Å². The Balaban J connectivity index is 1.62. The maximum Gasteiger partial charge on any atom is 0.408 e. The number of nitrogens with zero attached hydrogens (tertiary/aromatic N) is 2. The molecule has 12 heteroatoms. The van der Waals surface area contributed by atoms with Gasteiger partial charge in [0.1, 0.15) is 24.5 Å². The summed E-state index contributed by atoms with van der Waals surface area (Å²) in [6.07, 6.45) is -0.812. The number of carbonyl (C=O) groups excluding carboxylic acids is 3. The molecule has 3 aromatic rings. The summed E-state index contributed by atoms with van der Waals surface area (Å²) in [6, 6.07) is 7.73. The number of nitrogens with one attached hydrogen (secondary N) is 1. The first-order valence-corrected chi connectivity index (χ1v) is 17.6. The summed E-state index contributed by atoms with van der Waals surface area (Å²) in [6.45, 7) is 12.9. The van der Waals surface area contributed by atoms with Crippen molar-refractivity contribution in [1.82, 2.24) is 14.9 Å². The smallest absolute Gasteiger partial charge is 0.408 e. The molecule has 43 heavy (non-hydrogen) atoms. The van der Waals surface area contributed by atoms with E-state index in [1.807, 2.05) is 0 Å². The van der Waals surface area contributed by atoms with Crippen molar-refractivity contribution in [2.75, 3.05) is 6.54 Å². The molecule has 0 saturated heterocycles. The number of carbonyl (C=O) groups is 3. The van der Waals surface area contributed by atoms with Crippen LogP contribution in [0.25, 0.3) is 22.3 Å². The van der Waals surface area contributed by atoms with Crippen LogP contribution in [0.2, 0.25) is 19.1 Å². The standard InChI is InChI=1S/C31H37N3O8Si/c1-8-31(41-24(36)14-32-29(39)42-30(3,4)5)21-13-23-25-19(15-34(23)27(37)20(21)16-40-28(31)38)26(43(6,7)9-2)18-12-17(35)10-11-22(18)33-25/h10-13,35H,8-9,14-16H2,1-7H3,(H,32,39)/q-1/t31-/m0/s1. The largest absolute Gasteiger partial charge is 0.508 e. The maximum absolute atomic E-state index is 14.0. The number of pyridine rings is 2. The highest BCUT2D eigenvalue weighted by molar-refractivity contribution is 6.91. The number of fused-ring (bicyclic) bond motifs is 5. The molecule has 0 saturated carbocycles. The van der Waals surface area contributed by atoms with Crippen LogP contribution in [0.3, 0.4) is 0 Å². The molecule has 0 bridgehead atoms. The second-order valence-electron chi connectivity index (χ2n) is 12.7. The minimum atomic E-state index is -2.05. The lowest BCUT2D eigenvalue weighted by molar-refractivity contribution is -0.188. The molecular formula is C31H37N3O8Si-. The van der Waals surface area contributed by atoms with E-state index in [1.165, 1.54) is 0 Å². The van der Waals surface area contributed by atoms with Crippen LogP contribution in [0.15, 0.2) is 29.1 Å². The highest BCUT2D eigenvalue weighted by Crippen LogP contribution is 2.41. The van der Waals surface area contributed by atoms with Crippen LogP contribution in [0.4, 0.5) is 4.79 Å². The highest BCUT2D eigenvalue weighted by atomic mass is 28.3. The molecule has 0 aliphatic carbocycles. The monoisotopic (exact) mass is 607 g/mol. The zero-order valence-electron chi connectivity index (χ0n) is 25.5. The van der Waals surface area contributed by atoms with Crippen molar-refractivity contribution in [3.05, 3.63) is 51.3 Å². The van der Waals surface area contributed by atoms with Gasteiger partial charge < -0.3 is 29.2 Å². The van der Waals surface area contributed by atoms with Gasteiger partial charge in [-0.3, -0.25) is 9.59 Å². The molecule has 2 aromatic heterocycles. The second-order valence-corrected chi connectivity index (χ2v) is 17.6. The number of cyclic esters (lactones) is 1. The zero-order valence-corrected chi connectivity index (χ0v) is 26.5. The molecular weight excluding hydrogens is 570 g/mol. The van der Waals surface area contributed by atoms with Crippen LogP contribution in [0.1, 0.15) is 57.7 Å². The van der Waals surface area contributed by atoms with Crippen molar-refractivity contribution >= 4 is 42.2 Å². The van der Waals surface area contributed by atoms with Crippen LogP contribution in [-0.4, -0.2) is 52.9 Å². The molecule has 0 unspecified atom stereocenters. The third-order valence-electron chi connectivity index (χ3n) is 8.26. The van der Waals surface area contributed by atoms with Crippen molar-refractivity contribution in [2.45, 2.75) is 84.5 Å². The lowest BCUT2D eigenvalue weighted by atomic mass is 9.85. The van der Waals surface area contributed by atoms with E-state index in [1.54, 1.807) is 56.5 Å². The Kier molecular flexibility index (Phi) is 7.40. The molecule has 4 heterocycles. The fourth-order valence-electron chi connectivity index (χ4n) is 5.86. The number of esters is 2. The Hall–Kier alpha value is -4.19. The topological polar surface area (TPSA) is 146 Å². The van der Waals surface area contributed by atoms with Gasteiger partial charge in [0.05, 0.1) is 29.0 Å². The minimum absolute atomic E-state index is 0.00177. The number of phenolic OH excluding ortho intramolecular Hbond substituents is 1. The fourth-order valence-corrected chi connectivity index (χ4v) is 8.16. The van der Waals surface area contributed by atoms with Crippen LogP contribution in [-0.2, 0) is 42.6 Å². The van der Waals surface area contributed by atoms with E-state index in [0.29, 0.717) is 16.9 Å². The Bertz CT molecular complexity index is 1740. The van der Waals surface area contributed by atoms with E-state index >= 15 is 0 Å². The molecule has 11 nitrogen and oxygen atoms in total. The number of phenols is 1.